The number of carbonyl (C=O) groups is 1. The van der Waals surface area contributed by atoms with Crippen molar-refractivity contribution in [2.45, 2.75) is 0 Å². The van der Waals surface area contributed by atoms with Gasteiger partial charge in [0.2, 0.25) is 0 Å². The molecule has 4 N–H and O–H groups in total. The summed E-state index contributed by atoms with van der Waals surface area (Å²) in [5.74, 6) is 4.81. The highest BCUT2D eigenvalue weighted by Gasteiger charge is 2.14. The molecule has 0 aliphatic rings. The number of hydrogen-bond donors (Lipinski definition) is 3. The van der Waals surface area contributed by atoms with Crippen LogP contribution in [0.25, 0.3) is 0 Å². The summed E-state index contributed by atoms with van der Waals surface area (Å²) in [5.41, 5.74) is -0.116. The molecular weight excluding hydrogens is 265 g/mol. The van der Waals surface area contributed by atoms with Gasteiger partial charge < -0.3 is 15.2 Å². The lowest BCUT2D eigenvalue weighted by molar-refractivity contribution is 0.190. The molecule has 0 heterocycles. The highest BCUT2D eigenvalue weighted by molar-refractivity contribution is 6.32. The summed E-state index contributed by atoms with van der Waals surface area (Å²) in [6.45, 7) is -0.367. The Kier molecular flexibility index (Phi) is 5.14. The zero-order chi connectivity index (χ0) is 13.7. The fraction of sp³-hybridized carbons (Fsp3) is 0.300. The van der Waals surface area contributed by atoms with E-state index in [4.69, 9.17) is 27.3 Å². The van der Waals surface area contributed by atoms with Crippen molar-refractivity contribution in [3.63, 3.8) is 0 Å². The Morgan fingerprint density at radius 2 is 2.33 bits per heavy atom. The van der Waals surface area contributed by atoms with E-state index in [9.17, 15) is 9.18 Å². The molecule has 0 fully saturated rings. The van der Waals surface area contributed by atoms with Crippen LogP contribution >= 0.6 is 11.6 Å². The second kappa shape index (κ2) is 6.39. The van der Waals surface area contributed by atoms with E-state index in [1.165, 1.54) is 13.2 Å². The molecule has 0 unspecified atom stereocenters. The Morgan fingerprint density at radius 3 is 2.89 bits per heavy atom. The van der Waals surface area contributed by atoms with Crippen molar-refractivity contribution in [1.82, 2.24) is 5.01 Å². The molecule has 1 aromatic carbocycles. The van der Waals surface area contributed by atoms with E-state index in [2.05, 4.69) is 5.32 Å². The lowest BCUT2D eigenvalue weighted by Gasteiger charge is -2.16. The van der Waals surface area contributed by atoms with Gasteiger partial charge in [0.05, 0.1) is 31.0 Å². The van der Waals surface area contributed by atoms with Crippen LogP contribution in [0.4, 0.5) is 14.9 Å². The van der Waals surface area contributed by atoms with Crippen LogP contribution in [0.5, 0.6) is 5.75 Å². The molecule has 0 aromatic heterocycles. The van der Waals surface area contributed by atoms with Crippen molar-refractivity contribution in [3.05, 3.63) is 23.0 Å². The normalized spacial score (nSPS) is 10.1. The average Bonchev–Trinajstić information content (AvgIpc) is 2.32. The third-order valence-electron chi connectivity index (χ3n) is 2.08. The van der Waals surface area contributed by atoms with E-state index < -0.39 is 11.8 Å². The summed E-state index contributed by atoms with van der Waals surface area (Å²) < 4.78 is 18.4. The minimum absolute atomic E-state index is 0.0713. The predicted octanol–water partition coefficient (Wildman–Crippen LogP) is 1.19. The number of aliphatic hydroxyl groups is 1. The van der Waals surface area contributed by atoms with Gasteiger partial charge in [0.25, 0.3) is 0 Å². The molecule has 0 spiro atoms. The number of ether oxygens (including phenoxy) is 1. The van der Waals surface area contributed by atoms with Crippen LogP contribution in [0.15, 0.2) is 12.1 Å². The monoisotopic (exact) mass is 277 g/mol. The third-order valence-corrected chi connectivity index (χ3v) is 2.38. The molecule has 0 aliphatic carbocycles. The summed E-state index contributed by atoms with van der Waals surface area (Å²) in [4.78, 5) is 11.5. The average molecular weight is 278 g/mol. The first-order chi connectivity index (χ1) is 8.49. The van der Waals surface area contributed by atoms with Crippen molar-refractivity contribution in [1.29, 1.82) is 0 Å². The van der Waals surface area contributed by atoms with Crippen molar-refractivity contribution >= 4 is 23.3 Å². The molecule has 1 aromatic rings. The van der Waals surface area contributed by atoms with E-state index >= 15 is 0 Å². The quantitative estimate of drug-likeness (QED) is 0.438. The standard InChI is InChI=1S/C10H13ClFN3O3/c1-18-9-5-8(7(12)4-6(9)11)14-10(17)15(13)2-3-16/h4-5,16H,2-3,13H2,1H3,(H,14,17). The fourth-order valence-corrected chi connectivity index (χ4v) is 1.41. The van der Waals surface area contributed by atoms with Crippen molar-refractivity contribution in [3.8, 4) is 5.75 Å². The first-order valence-electron chi connectivity index (χ1n) is 4.96. The number of rotatable bonds is 4. The van der Waals surface area contributed by atoms with Crippen LogP contribution in [0.2, 0.25) is 5.02 Å². The predicted molar refractivity (Wildman–Crippen MR) is 65.0 cm³/mol. The number of hydrazine groups is 1. The number of urea groups is 1. The minimum atomic E-state index is -0.757. The number of nitrogens with two attached hydrogens (primary N) is 1. The van der Waals surface area contributed by atoms with Gasteiger partial charge in [-0.2, -0.15) is 0 Å². The molecule has 2 amide bonds. The molecule has 0 atom stereocenters. The summed E-state index contributed by atoms with van der Waals surface area (Å²) in [5, 5.41) is 11.7. The van der Waals surface area contributed by atoms with Crippen LogP contribution < -0.4 is 15.9 Å². The molecule has 0 bridgehead atoms. The molecule has 18 heavy (non-hydrogen) atoms. The minimum Gasteiger partial charge on any atom is -0.495 e. The molecule has 0 radical (unpaired) electrons. The van der Waals surface area contributed by atoms with E-state index in [1.807, 2.05) is 0 Å². The van der Waals surface area contributed by atoms with E-state index in [0.717, 1.165) is 11.1 Å². The summed E-state index contributed by atoms with van der Waals surface area (Å²) in [7, 11) is 1.37. The molecule has 100 valence electrons. The lowest BCUT2D eigenvalue weighted by atomic mass is 10.3. The molecule has 1 rings (SSSR count). The molecule has 6 nitrogen and oxygen atoms in total. The smallest absolute Gasteiger partial charge is 0.336 e. The maximum absolute atomic E-state index is 13.5. The van der Waals surface area contributed by atoms with Crippen molar-refractivity contribution < 1.29 is 19.0 Å². The van der Waals surface area contributed by atoms with Gasteiger partial charge in [0.15, 0.2) is 0 Å². The first-order valence-corrected chi connectivity index (χ1v) is 5.34. The van der Waals surface area contributed by atoms with Crippen LogP contribution in [0.1, 0.15) is 0 Å². The Bertz CT molecular complexity index is 445. The number of aliphatic hydroxyl groups excluding tert-OH is 1. The first kappa shape index (κ1) is 14.5. The number of methoxy groups -OCH3 is 1. The van der Waals surface area contributed by atoms with Gasteiger partial charge in [0.1, 0.15) is 11.6 Å². The summed E-state index contributed by atoms with van der Waals surface area (Å²) >= 11 is 5.70. The van der Waals surface area contributed by atoms with Crippen LogP contribution in [0.3, 0.4) is 0 Å². The van der Waals surface area contributed by atoms with Crippen LogP contribution in [-0.2, 0) is 0 Å². The Balaban J connectivity index is 2.87. The Labute approximate surface area is 108 Å². The van der Waals surface area contributed by atoms with E-state index in [-0.39, 0.29) is 29.6 Å². The van der Waals surface area contributed by atoms with Crippen molar-refractivity contribution in [2.24, 2.45) is 5.84 Å². The molecule has 0 aliphatic heterocycles. The zero-order valence-electron chi connectivity index (χ0n) is 9.61. The lowest BCUT2D eigenvalue weighted by Crippen LogP contribution is -2.42. The number of amides is 2. The number of benzene rings is 1. The van der Waals surface area contributed by atoms with Gasteiger partial charge in [-0.05, 0) is 6.07 Å². The van der Waals surface area contributed by atoms with Gasteiger partial charge in [-0.3, -0.25) is 5.01 Å². The maximum Gasteiger partial charge on any atom is 0.336 e. The number of hydrogen-bond acceptors (Lipinski definition) is 4. The maximum atomic E-state index is 13.5. The third kappa shape index (κ3) is 3.46. The second-order valence-electron chi connectivity index (χ2n) is 3.31. The second-order valence-corrected chi connectivity index (χ2v) is 3.72. The highest BCUT2D eigenvalue weighted by Crippen LogP contribution is 2.30. The number of nitrogens with one attached hydrogen (secondary N) is 1. The molecule has 8 heteroatoms. The molecule has 0 saturated carbocycles. The van der Waals surface area contributed by atoms with Crippen LogP contribution in [-0.4, -0.2) is 36.4 Å². The Hall–Kier alpha value is -1.57. The van der Waals surface area contributed by atoms with Gasteiger partial charge in [-0.1, -0.05) is 11.6 Å². The molecule has 0 saturated heterocycles. The Morgan fingerprint density at radius 1 is 1.67 bits per heavy atom. The number of nitrogens with zero attached hydrogens (tertiary/aromatic N) is 1. The summed E-state index contributed by atoms with van der Waals surface area (Å²) in [6, 6.07) is 1.50. The zero-order valence-corrected chi connectivity index (χ0v) is 10.4. The molecular formula is C10H13ClFN3O3. The van der Waals surface area contributed by atoms with Gasteiger partial charge >= 0.3 is 6.03 Å². The summed E-state index contributed by atoms with van der Waals surface area (Å²) in [6.07, 6.45) is 0. The van der Waals surface area contributed by atoms with Gasteiger partial charge in [0, 0.05) is 6.07 Å². The van der Waals surface area contributed by atoms with E-state index in [1.54, 1.807) is 0 Å². The largest absolute Gasteiger partial charge is 0.495 e. The highest BCUT2D eigenvalue weighted by atomic mass is 35.5. The van der Waals surface area contributed by atoms with Gasteiger partial charge in [-0.15, -0.1) is 0 Å². The topological polar surface area (TPSA) is 87.8 Å². The number of halogens is 2. The van der Waals surface area contributed by atoms with E-state index in [0.29, 0.717) is 0 Å². The fourth-order valence-electron chi connectivity index (χ4n) is 1.18. The number of carbonyl (C=O) groups excluding carboxylic acids is 1. The van der Waals surface area contributed by atoms with Crippen molar-refractivity contribution in [2.75, 3.05) is 25.6 Å². The SMILES string of the molecule is COc1cc(NC(=O)N(N)CCO)c(F)cc1Cl. The van der Waals surface area contributed by atoms with Crippen LogP contribution in [0, 0.1) is 5.82 Å². The number of anilines is 1. The van der Waals surface area contributed by atoms with Gasteiger partial charge in [-0.25, -0.2) is 15.0 Å².